The van der Waals surface area contributed by atoms with Gasteiger partial charge in [-0.15, -0.1) is 0 Å². The fourth-order valence-electron chi connectivity index (χ4n) is 3.45. The van der Waals surface area contributed by atoms with E-state index in [2.05, 4.69) is 10.6 Å². The summed E-state index contributed by atoms with van der Waals surface area (Å²) in [5.41, 5.74) is -0.232. The first kappa shape index (κ1) is 16.9. The number of para-hydroxylation sites is 1. The van der Waals surface area contributed by atoms with Crippen molar-refractivity contribution in [1.82, 2.24) is 10.6 Å². The first-order chi connectivity index (χ1) is 13.0. The van der Waals surface area contributed by atoms with Crippen LogP contribution in [0.5, 0.6) is 11.5 Å². The molecule has 8 nitrogen and oxygen atoms in total. The lowest BCUT2D eigenvalue weighted by Gasteiger charge is -2.38. The Bertz CT molecular complexity index is 930. The van der Waals surface area contributed by atoms with Crippen LogP contribution in [0.4, 0.5) is 15.3 Å². The molecular weight excluding hydrogens is 350 g/mol. The van der Waals surface area contributed by atoms with Gasteiger partial charge < -0.3 is 14.8 Å². The molecule has 2 aromatic carbocycles. The first-order valence-corrected chi connectivity index (χ1v) is 8.40. The molecule has 0 aliphatic carbocycles. The van der Waals surface area contributed by atoms with Gasteiger partial charge in [0.2, 0.25) is 0 Å². The van der Waals surface area contributed by atoms with Crippen molar-refractivity contribution in [2.45, 2.75) is 12.0 Å². The van der Waals surface area contributed by atoms with E-state index in [0.717, 1.165) is 0 Å². The van der Waals surface area contributed by atoms with Gasteiger partial charge in [-0.3, -0.25) is 15.0 Å². The number of amides is 4. The molecule has 2 heterocycles. The molecule has 138 valence electrons. The van der Waals surface area contributed by atoms with Crippen molar-refractivity contribution in [3.63, 3.8) is 0 Å². The number of imide groups is 1. The van der Waals surface area contributed by atoms with E-state index >= 15 is 0 Å². The largest absolute Gasteiger partial charge is 0.497 e. The Morgan fingerprint density at radius 2 is 1.89 bits per heavy atom. The van der Waals surface area contributed by atoms with Crippen molar-refractivity contribution in [3.8, 4) is 11.5 Å². The molecule has 27 heavy (non-hydrogen) atoms. The molecule has 0 bridgehead atoms. The summed E-state index contributed by atoms with van der Waals surface area (Å²) in [4.78, 5) is 38.4. The third-order valence-electron chi connectivity index (χ3n) is 4.78. The Kier molecular flexibility index (Phi) is 3.95. The molecule has 8 heteroatoms. The highest BCUT2D eigenvalue weighted by molar-refractivity contribution is 6.09. The van der Waals surface area contributed by atoms with Crippen LogP contribution in [0.2, 0.25) is 0 Å². The number of urea groups is 1. The van der Waals surface area contributed by atoms with Crippen LogP contribution >= 0.6 is 0 Å². The summed E-state index contributed by atoms with van der Waals surface area (Å²) in [6.07, 6.45) is -0.344. The van der Waals surface area contributed by atoms with Crippen LogP contribution < -0.4 is 25.0 Å². The SMILES string of the molecule is COc1ccc2c(c1)N(C(=O)Oc1ccccc1)CC[C@]21NC(=O)NC1=O. The maximum atomic E-state index is 12.8. The molecule has 4 rings (SSSR count). The number of fused-ring (bicyclic) bond motifs is 2. The van der Waals surface area contributed by atoms with Gasteiger partial charge in [-0.1, -0.05) is 24.3 Å². The number of benzene rings is 2. The Morgan fingerprint density at radius 1 is 1.11 bits per heavy atom. The molecule has 2 aliphatic rings. The Balaban J connectivity index is 1.74. The number of carbonyl (C=O) groups is 3. The van der Waals surface area contributed by atoms with Crippen LogP contribution in [0.25, 0.3) is 0 Å². The number of nitrogens with one attached hydrogen (secondary N) is 2. The zero-order valence-corrected chi connectivity index (χ0v) is 14.5. The third-order valence-corrected chi connectivity index (χ3v) is 4.78. The molecule has 1 spiro atoms. The van der Waals surface area contributed by atoms with Crippen LogP contribution in [0.15, 0.2) is 48.5 Å². The number of carbonyl (C=O) groups excluding carboxylic acids is 3. The van der Waals surface area contributed by atoms with Crippen molar-refractivity contribution < 1.29 is 23.9 Å². The predicted octanol–water partition coefficient (Wildman–Crippen LogP) is 2.14. The highest BCUT2D eigenvalue weighted by Gasteiger charge is 2.52. The Hall–Kier alpha value is -3.55. The quantitative estimate of drug-likeness (QED) is 0.793. The molecule has 2 aliphatic heterocycles. The molecule has 0 radical (unpaired) electrons. The average Bonchev–Trinajstić information content (AvgIpc) is 2.96. The van der Waals surface area contributed by atoms with E-state index < -0.39 is 23.6 Å². The van der Waals surface area contributed by atoms with E-state index in [-0.39, 0.29) is 13.0 Å². The monoisotopic (exact) mass is 367 g/mol. The molecule has 4 amide bonds. The van der Waals surface area contributed by atoms with Gasteiger partial charge in [0.1, 0.15) is 17.0 Å². The van der Waals surface area contributed by atoms with Gasteiger partial charge in [-0.25, -0.2) is 9.59 Å². The van der Waals surface area contributed by atoms with Gasteiger partial charge in [0.25, 0.3) is 5.91 Å². The normalized spacial score (nSPS) is 20.7. The van der Waals surface area contributed by atoms with Crippen LogP contribution in [0.3, 0.4) is 0 Å². The zero-order valence-electron chi connectivity index (χ0n) is 14.5. The van der Waals surface area contributed by atoms with Gasteiger partial charge in [0.05, 0.1) is 12.8 Å². The van der Waals surface area contributed by atoms with E-state index in [1.807, 2.05) is 6.07 Å². The lowest BCUT2D eigenvalue weighted by molar-refractivity contribution is -0.124. The maximum absolute atomic E-state index is 12.8. The number of rotatable bonds is 2. The van der Waals surface area contributed by atoms with E-state index in [4.69, 9.17) is 9.47 Å². The van der Waals surface area contributed by atoms with E-state index in [0.29, 0.717) is 22.7 Å². The molecule has 2 N–H and O–H groups in total. The van der Waals surface area contributed by atoms with Crippen LogP contribution in [-0.2, 0) is 10.3 Å². The summed E-state index contributed by atoms with van der Waals surface area (Å²) >= 11 is 0. The van der Waals surface area contributed by atoms with Gasteiger partial charge in [-0.2, -0.15) is 0 Å². The summed E-state index contributed by atoms with van der Waals surface area (Å²) < 4.78 is 10.7. The molecule has 0 saturated carbocycles. The highest BCUT2D eigenvalue weighted by atomic mass is 16.6. The predicted molar refractivity (Wildman–Crippen MR) is 95.8 cm³/mol. The molecule has 1 saturated heterocycles. The summed E-state index contributed by atoms with van der Waals surface area (Å²) in [5, 5.41) is 4.98. The summed E-state index contributed by atoms with van der Waals surface area (Å²) in [6, 6.07) is 13.2. The molecule has 0 aromatic heterocycles. The number of hydrogen-bond acceptors (Lipinski definition) is 5. The smallest absolute Gasteiger partial charge is 0.419 e. The molecule has 1 atom stereocenters. The minimum absolute atomic E-state index is 0.194. The van der Waals surface area contributed by atoms with Crippen LogP contribution in [0.1, 0.15) is 12.0 Å². The molecular formula is C19H17N3O5. The number of hydrogen-bond donors (Lipinski definition) is 2. The summed E-state index contributed by atoms with van der Waals surface area (Å²) in [5.74, 6) is 0.502. The van der Waals surface area contributed by atoms with Crippen molar-refractivity contribution >= 4 is 23.7 Å². The van der Waals surface area contributed by atoms with Gasteiger partial charge >= 0.3 is 12.1 Å². The fraction of sp³-hybridized carbons (Fsp3) is 0.211. The van der Waals surface area contributed by atoms with E-state index in [9.17, 15) is 14.4 Å². The summed E-state index contributed by atoms with van der Waals surface area (Å²) in [6.45, 7) is 0.194. The number of nitrogens with zero attached hydrogens (tertiary/aromatic N) is 1. The highest BCUT2D eigenvalue weighted by Crippen LogP contribution is 2.42. The maximum Gasteiger partial charge on any atom is 0.419 e. The average molecular weight is 367 g/mol. The third kappa shape index (κ3) is 2.75. The zero-order chi connectivity index (χ0) is 19.0. The van der Waals surface area contributed by atoms with Crippen LogP contribution in [0, 0.1) is 0 Å². The van der Waals surface area contributed by atoms with E-state index in [1.54, 1.807) is 42.5 Å². The molecule has 1 fully saturated rings. The molecule has 2 aromatic rings. The van der Waals surface area contributed by atoms with Crippen molar-refractivity contribution in [3.05, 3.63) is 54.1 Å². The second-order valence-electron chi connectivity index (χ2n) is 6.28. The number of anilines is 1. The Labute approximate surface area is 155 Å². The van der Waals surface area contributed by atoms with Crippen molar-refractivity contribution in [2.75, 3.05) is 18.6 Å². The van der Waals surface area contributed by atoms with Gasteiger partial charge in [-0.05, 0) is 18.2 Å². The Morgan fingerprint density at radius 3 is 2.56 bits per heavy atom. The minimum atomic E-state index is -1.21. The van der Waals surface area contributed by atoms with Gasteiger partial charge in [0.15, 0.2) is 0 Å². The topological polar surface area (TPSA) is 97.0 Å². The summed E-state index contributed by atoms with van der Waals surface area (Å²) in [7, 11) is 1.51. The van der Waals surface area contributed by atoms with Crippen molar-refractivity contribution in [1.29, 1.82) is 0 Å². The van der Waals surface area contributed by atoms with Crippen LogP contribution in [-0.4, -0.2) is 31.7 Å². The first-order valence-electron chi connectivity index (χ1n) is 8.40. The second-order valence-corrected chi connectivity index (χ2v) is 6.28. The minimum Gasteiger partial charge on any atom is -0.497 e. The second kappa shape index (κ2) is 6.31. The lowest BCUT2D eigenvalue weighted by atomic mass is 9.82. The lowest BCUT2D eigenvalue weighted by Crippen LogP contribution is -2.52. The number of ether oxygens (including phenoxy) is 2. The van der Waals surface area contributed by atoms with Gasteiger partial charge in [0, 0.05) is 24.6 Å². The standard InChI is InChI=1S/C19H17N3O5/c1-26-13-7-8-14-15(11-13)22(18(25)27-12-5-3-2-4-6-12)10-9-19(14)16(23)20-17(24)21-19/h2-8,11H,9-10H2,1H3,(H2,20,21,23,24)/t19-/m0/s1. The number of methoxy groups -OCH3 is 1. The van der Waals surface area contributed by atoms with Crippen molar-refractivity contribution in [2.24, 2.45) is 0 Å². The van der Waals surface area contributed by atoms with E-state index in [1.165, 1.54) is 12.0 Å². The fourth-order valence-corrected chi connectivity index (χ4v) is 3.45. The molecule has 0 unspecified atom stereocenters.